The predicted molar refractivity (Wildman–Crippen MR) is 100 cm³/mol. The third kappa shape index (κ3) is 3.21. The number of rotatable bonds is 3. The lowest BCUT2D eigenvalue weighted by molar-refractivity contribution is 0.624. The van der Waals surface area contributed by atoms with Crippen molar-refractivity contribution in [3.63, 3.8) is 0 Å². The number of aliphatic imine (C=N–C) groups is 1. The Hall–Kier alpha value is -3.42. The minimum absolute atomic E-state index is 0.339. The SMILES string of the molecule is C=C1Cc2c(C)nnn2-c2cc(F)ccc2N1/C=N\Cc1ncc(C)cn1. The van der Waals surface area contributed by atoms with Crippen molar-refractivity contribution in [3.05, 3.63) is 71.5 Å². The van der Waals surface area contributed by atoms with Gasteiger partial charge in [0.05, 0.1) is 29.1 Å². The van der Waals surface area contributed by atoms with Crippen LogP contribution in [0.2, 0.25) is 0 Å². The van der Waals surface area contributed by atoms with Gasteiger partial charge in [0.25, 0.3) is 0 Å². The zero-order valence-corrected chi connectivity index (χ0v) is 15.1. The first-order chi connectivity index (χ1) is 13.0. The van der Waals surface area contributed by atoms with E-state index in [1.165, 1.54) is 12.1 Å². The molecule has 0 fully saturated rings. The van der Waals surface area contributed by atoms with Gasteiger partial charge < -0.3 is 4.90 Å². The molecular formula is C19H18FN7. The lowest BCUT2D eigenvalue weighted by atomic mass is 10.2. The van der Waals surface area contributed by atoms with E-state index in [9.17, 15) is 4.39 Å². The largest absolute Gasteiger partial charge is 0.303 e. The zero-order chi connectivity index (χ0) is 19.0. The van der Waals surface area contributed by atoms with E-state index in [-0.39, 0.29) is 5.82 Å². The van der Waals surface area contributed by atoms with Gasteiger partial charge in [0.15, 0.2) is 0 Å². The summed E-state index contributed by atoms with van der Waals surface area (Å²) in [7, 11) is 0. The first kappa shape index (κ1) is 17.0. The van der Waals surface area contributed by atoms with E-state index in [4.69, 9.17) is 0 Å². The maximum atomic E-state index is 13.9. The molecule has 1 aliphatic rings. The topological polar surface area (TPSA) is 72.1 Å². The first-order valence-corrected chi connectivity index (χ1v) is 8.48. The molecule has 4 rings (SSSR count). The minimum Gasteiger partial charge on any atom is -0.303 e. The summed E-state index contributed by atoms with van der Waals surface area (Å²) in [5.74, 6) is 0.287. The summed E-state index contributed by atoms with van der Waals surface area (Å²) in [6, 6.07) is 4.54. The molecule has 0 atom stereocenters. The molecule has 0 saturated carbocycles. The van der Waals surface area contributed by atoms with Gasteiger partial charge in [-0.15, -0.1) is 5.10 Å². The molecule has 3 heterocycles. The van der Waals surface area contributed by atoms with Crippen molar-refractivity contribution in [2.75, 3.05) is 4.90 Å². The van der Waals surface area contributed by atoms with E-state index in [1.807, 2.05) is 18.7 Å². The van der Waals surface area contributed by atoms with Crippen LogP contribution in [0, 0.1) is 19.7 Å². The normalized spacial score (nSPS) is 13.6. The Morgan fingerprint density at radius 2 is 2.00 bits per heavy atom. The van der Waals surface area contributed by atoms with Crippen molar-refractivity contribution in [2.24, 2.45) is 4.99 Å². The third-order valence-electron chi connectivity index (χ3n) is 4.36. The highest BCUT2D eigenvalue weighted by atomic mass is 19.1. The lowest BCUT2D eigenvalue weighted by Gasteiger charge is -2.21. The number of nitrogens with zero attached hydrogens (tertiary/aromatic N) is 7. The molecule has 0 N–H and O–H groups in total. The zero-order valence-electron chi connectivity index (χ0n) is 15.1. The average Bonchev–Trinajstić information content (AvgIpc) is 2.95. The Bertz CT molecular complexity index is 1040. The summed E-state index contributed by atoms with van der Waals surface area (Å²) in [4.78, 5) is 14.8. The Labute approximate surface area is 155 Å². The molecule has 2 aromatic heterocycles. The van der Waals surface area contributed by atoms with Crippen molar-refractivity contribution in [1.82, 2.24) is 25.0 Å². The fraction of sp³-hybridized carbons (Fsp3) is 0.211. The lowest BCUT2D eigenvalue weighted by Crippen LogP contribution is -2.21. The quantitative estimate of drug-likeness (QED) is 0.528. The maximum absolute atomic E-state index is 13.9. The number of halogens is 1. The van der Waals surface area contributed by atoms with Crippen LogP contribution in [0.25, 0.3) is 5.69 Å². The molecule has 0 radical (unpaired) electrons. The second-order valence-electron chi connectivity index (χ2n) is 6.41. The minimum atomic E-state index is -0.342. The smallest absolute Gasteiger partial charge is 0.149 e. The summed E-state index contributed by atoms with van der Waals surface area (Å²) in [5.41, 5.74) is 4.79. The van der Waals surface area contributed by atoms with Crippen LogP contribution < -0.4 is 4.90 Å². The van der Waals surface area contributed by atoms with Gasteiger partial charge in [-0.1, -0.05) is 11.8 Å². The van der Waals surface area contributed by atoms with Gasteiger partial charge in [-0.2, -0.15) is 0 Å². The summed E-state index contributed by atoms with van der Waals surface area (Å²) in [5, 5.41) is 8.29. The van der Waals surface area contributed by atoms with Crippen molar-refractivity contribution < 1.29 is 4.39 Å². The number of aryl methyl sites for hydroxylation is 2. The van der Waals surface area contributed by atoms with Crippen LogP contribution >= 0.6 is 0 Å². The van der Waals surface area contributed by atoms with E-state index in [1.54, 1.807) is 29.5 Å². The summed E-state index contributed by atoms with van der Waals surface area (Å²) in [6.45, 7) is 8.33. The highest BCUT2D eigenvalue weighted by Gasteiger charge is 2.24. The van der Waals surface area contributed by atoms with Gasteiger partial charge in [-0.05, 0) is 31.5 Å². The van der Waals surface area contributed by atoms with E-state index in [0.29, 0.717) is 24.5 Å². The Morgan fingerprint density at radius 3 is 2.78 bits per heavy atom. The molecule has 0 spiro atoms. The predicted octanol–water partition coefficient (Wildman–Crippen LogP) is 2.92. The second-order valence-corrected chi connectivity index (χ2v) is 6.41. The second kappa shape index (κ2) is 6.71. The van der Waals surface area contributed by atoms with E-state index in [0.717, 1.165) is 28.3 Å². The van der Waals surface area contributed by atoms with Crippen LogP contribution in [0.5, 0.6) is 0 Å². The van der Waals surface area contributed by atoms with Crippen LogP contribution in [0.15, 0.2) is 47.9 Å². The number of anilines is 1. The standard InChI is InChI=1S/C19H18FN7/c1-12-8-22-19(23-9-12)10-21-11-26-13(2)6-17-14(3)24-25-27(17)18-7-15(20)4-5-16(18)26/h4-5,7-9,11H,2,6,10H2,1,3H3/b21-11-. The highest BCUT2D eigenvalue weighted by Crippen LogP contribution is 2.32. The van der Waals surface area contributed by atoms with Crippen LogP contribution in [0.3, 0.4) is 0 Å². The van der Waals surface area contributed by atoms with Crippen LogP contribution in [-0.4, -0.2) is 31.3 Å². The van der Waals surface area contributed by atoms with Gasteiger partial charge >= 0.3 is 0 Å². The fourth-order valence-electron chi connectivity index (χ4n) is 2.94. The van der Waals surface area contributed by atoms with Crippen molar-refractivity contribution in [3.8, 4) is 5.69 Å². The molecule has 7 nitrogen and oxygen atoms in total. The Balaban J connectivity index is 1.70. The summed E-state index contributed by atoms with van der Waals surface area (Å²) in [6.07, 6.45) is 5.73. The number of aromatic nitrogens is 5. The van der Waals surface area contributed by atoms with Crippen LogP contribution in [-0.2, 0) is 13.0 Å². The molecule has 0 amide bonds. The van der Waals surface area contributed by atoms with E-state index in [2.05, 4.69) is 31.9 Å². The number of hydrogen-bond donors (Lipinski definition) is 0. The number of benzene rings is 1. The monoisotopic (exact) mass is 363 g/mol. The van der Waals surface area contributed by atoms with Gasteiger partial charge in [0.1, 0.15) is 18.2 Å². The van der Waals surface area contributed by atoms with Crippen LogP contribution in [0.1, 0.15) is 22.8 Å². The molecule has 27 heavy (non-hydrogen) atoms. The Kier molecular flexibility index (Phi) is 4.23. The van der Waals surface area contributed by atoms with E-state index < -0.39 is 0 Å². The van der Waals surface area contributed by atoms with Crippen LogP contribution in [0.4, 0.5) is 10.1 Å². The van der Waals surface area contributed by atoms with E-state index >= 15 is 0 Å². The number of fused-ring (bicyclic) bond motifs is 3. The number of allylic oxidation sites excluding steroid dienone is 1. The molecule has 0 aliphatic carbocycles. The molecule has 8 heteroatoms. The van der Waals surface area contributed by atoms with Crippen molar-refractivity contribution in [2.45, 2.75) is 26.8 Å². The van der Waals surface area contributed by atoms with Gasteiger partial charge in [0.2, 0.25) is 0 Å². The highest BCUT2D eigenvalue weighted by molar-refractivity contribution is 5.87. The molecular weight excluding hydrogens is 345 g/mol. The molecule has 0 bridgehead atoms. The maximum Gasteiger partial charge on any atom is 0.149 e. The fourth-order valence-corrected chi connectivity index (χ4v) is 2.94. The van der Waals surface area contributed by atoms with Gasteiger partial charge in [0, 0.05) is 30.6 Å². The summed E-state index contributed by atoms with van der Waals surface area (Å²) >= 11 is 0. The molecule has 0 unspecified atom stereocenters. The molecule has 1 aromatic carbocycles. The van der Waals surface area contributed by atoms with Gasteiger partial charge in [-0.25, -0.2) is 19.0 Å². The first-order valence-electron chi connectivity index (χ1n) is 8.48. The Morgan fingerprint density at radius 1 is 1.22 bits per heavy atom. The summed E-state index contributed by atoms with van der Waals surface area (Å²) < 4.78 is 15.6. The average molecular weight is 363 g/mol. The third-order valence-corrected chi connectivity index (χ3v) is 4.36. The molecule has 136 valence electrons. The molecule has 0 saturated heterocycles. The van der Waals surface area contributed by atoms with Crippen molar-refractivity contribution >= 4 is 12.0 Å². The van der Waals surface area contributed by atoms with Crippen molar-refractivity contribution in [1.29, 1.82) is 0 Å². The number of hydrogen-bond acceptors (Lipinski definition) is 5. The molecule has 1 aliphatic heterocycles. The van der Waals surface area contributed by atoms with Gasteiger partial charge in [-0.3, -0.25) is 4.99 Å². The molecule has 3 aromatic rings.